The van der Waals surface area contributed by atoms with E-state index in [2.05, 4.69) is 5.32 Å². The highest BCUT2D eigenvalue weighted by atomic mass is 35.5. The van der Waals surface area contributed by atoms with Gasteiger partial charge in [-0.15, -0.1) is 0 Å². The second-order valence-electron chi connectivity index (χ2n) is 4.59. The van der Waals surface area contributed by atoms with Gasteiger partial charge in [0.1, 0.15) is 13.2 Å². The summed E-state index contributed by atoms with van der Waals surface area (Å²) >= 11 is 17.5. The summed E-state index contributed by atoms with van der Waals surface area (Å²) in [6, 6.07) is 11.2. The minimum Gasteiger partial charge on any atom is -0.459 e. The average Bonchev–Trinajstić information content (AvgIpc) is 2.52. The third-order valence-electron chi connectivity index (χ3n) is 2.90. The van der Waals surface area contributed by atoms with Crippen molar-refractivity contribution in [3.05, 3.63) is 68.7 Å². The highest BCUT2D eigenvalue weighted by molar-refractivity contribution is 6.35. The van der Waals surface area contributed by atoms with Gasteiger partial charge >= 0.3 is 5.97 Å². The van der Waals surface area contributed by atoms with Crippen LogP contribution in [0.1, 0.15) is 15.9 Å². The zero-order valence-electron chi connectivity index (χ0n) is 11.8. The van der Waals surface area contributed by atoms with Crippen LogP contribution in [0.3, 0.4) is 0 Å². The van der Waals surface area contributed by atoms with Crippen LogP contribution >= 0.6 is 34.8 Å². The molecule has 0 unspecified atom stereocenters. The Labute approximate surface area is 148 Å². The summed E-state index contributed by atoms with van der Waals surface area (Å²) < 4.78 is 5.05. The summed E-state index contributed by atoms with van der Waals surface area (Å²) in [5.41, 5.74) is 1.04. The number of carbonyl (C=O) groups excluding carboxylic acids is 2. The zero-order valence-corrected chi connectivity index (χ0v) is 14.1. The highest BCUT2D eigenvalue weighted by Gasteiger charge is 2.10. The van der Waals surface area contributed by atoms with Gasteiger partial charge in [-0.25, -0.2) is 0 Å². The van der Waals surface area contributed by atoms with Crippen LogP contribution in [0, 0.1) is 0 Å². The van der Waals surface area contributed by atoms with Gasteiger partial charge in [-0.05, 0) is 36.4 Å². The van der Waals surface area contributed by atoms with E-state index in [1.165, 1.54) is 0 Å². The monoisotopic (exact) mass is 371 g/mol. The van der Waals surface area contributed by atoms with Crippen LogP contribution in [0.4, 0.5) is 0 Å². The number of ether oxygens (including phenoxy) is 1. The Balaban J connectivity index is 1.81. The van der Waals surface area contributed by atoms with E-state index in [0.29, 0.717) is 26.2 Å². The molecule has 0 spiro atoms. The Hall–Kier alpha value is -1.75. The van der Waals surface area contributed by atoms with Gasteiger partial charge in [-0.1, -0.05) is 40.9 Å². The molecule has 0 saturated heterocycles. The summed E-state index contributed by atoms with van der Waals surface area (Å²) in [5, 5.41) is 3.91. The Morgan fingerprint density at radius 3 is 2.26 bits per heavy atom. The van der Waals surface area contributed by atoms with E-state index in [4.69, 9.17) is 39.5 Å². The minimum absolute atomic E-state index is 0.00561. The van der Waals surface area contributed by atoms with Crippen LogP contribution in [0.5, 0.6) is 0 Å². The smallest absolute Gasteiger partial charge is 0.325 e. The van der Waals surface area contributed by atoms with E-state index in [1.54, 1.807) is 42.5 Å². The van der Waals surface area contributed by atoms with Crippen molar-refractivity contribution in [2.24, 2.45) is 0 Å². The maximum absolute atomic E-state index is 11.8. The molecular weight excluding hydrogens is 361 g/mol. The van der Waals surface area contributed by atoms with Crippen LogP contribution < -0.4 is 5.32 Å². The summed E-state index contributed by atoms with van der Waals surface area (Å²) in [7, 11) is 0. The number of amides is 1. The molecular formula is C16H12Cl3NO3. The Morgan fingerprint density at radius 1 is 0.957 bits per heavy atom. The fourth-order valence-corrected chi connectivity index (χ4v) is 2.29. The van der Waals surface area contributed by atoms with E-state index < -0.39 is 5.97 Å². The van der Waals surface area contributed by atoms with Gasteiger partial charge in [0.15, 0.2) is 0 Å². The number of rotatable bonds is 5. The maximum atomic E-state index is 11.8. The third-order valence-corrected chi connectivity index (χ3v) is 3.74. The van der Waals surface area contributed by atoms with Crippen LogP contribution in [0.15, 0.2) is 42.5 Å². The van der Waals surface area contributed by atoms with Crippen LogP contribution in [0.25, 0.3) is 0 Å². The van der Waals surface area contributed by atoms with Gasteiger partial charge in [0.25, 0.3) is 5.91 Å². The van der Waals surface area contributed by atoms with Crippen molar-refractivity contribution in [3.63, 3.8) is 0 Å². The maximum Gasteiger partial charge on any atom is 0.325 e. The number of benzene rings is 2. The number of hydrogen-bond donors (Lipinski definition) is 1. The molecule has 2 rings (SSSR count). The van der Waals surface area contributed by atoms with Gasteiger partial charge in [-0.2, -0.15) is 0 Å². The van der Waals surface area contributed by atoms with Gasteiger partial charge in [-0.3, -0.25) is 9.59 Å². The molecule has 1 amide bonds. The molecule has 0 aliphatic rings. The second-order valence-corrected chi connectivity index (χ2v) is 5.87. The van der Waals surface area contributed by atoms with E-state index in [0.717, 1.165) is 0 Å². The molecule has 0 aliphatic carbocycles. The molecule has 0 atom stereocenters. The van der Waals surface area contributed by atoms with Gasteiger partial charge < -0.3 is 10.1 Å². The van der Waals surface area contributed by atoms with Gasteiger partial charge in [0.05, 0.1) is 0 Å². The summed E-state index contributed by atoms with van der Waals surface area (Å²) in [6.45, 7) is -0.238. The normalized spacial score (nSPS) is 10.2. The highest BCUT2D eigenvalue weighted by Crippen LogP contribution is 2.21. The number of nitrogens with one attached hydrogen (secondary N) is 1. The topological polar surface area (TPSA) is 55.4 Å². The molecule has 0 aromatic heterocycles. The molecule has 0 aliphatic heterocycles. The lowest BCUT2D eigenvalue weighted by Crippen LogP contribution is -2.30. The van der Waals surface area contributed by atoms with E-state index >= 15 is 0 Å². The van der Waals surface area contributed by atoms with Crippen molar-refractivity contribution in [2.75, 3.05) is 6.54 Å². The lowest BCUT2D eigenvalue weighted by Gasteiger charge is -2.08. The molecule has 2 aromatic rings. The van der Waals surface area contributed by atoms with Gasteiger partial charge in [0.2, 0.25) is 0 Å². The lowest BCUT2D eigenvalue weighted by atomic mass is 10.2. The molecule has 2 aromatic carbocycles. The van der Waals surface area contributed by atoms with E-state index in [9.17, 15) is 9.59 Å². The number of carbonyl (C=O) groups is 2. The quantitative estimate of drug-likeness (QED) is 0.803. The van der Waals surface area contributed by atoms with Crippen molar-refractivity contribution in [2.45, 2.75) is 6.61 Å². The lowest BCUT2D eigenvalue weighted by molar-refractivity contribution is -0.143. The predicted molar refractivity (Wildman–Crippen MR) is 90.0 cm³/mol. The van der Waals surface area contributed by atoms with Crippen LogP contribution in [-0.4, -0.2) is 18.4 Å². The second kappa shape index (κ2) is 8.20. The van der Waals surface area contributed by atoms with Crippen molar-refractivity contribution in [3.8, 4) is 0 Å². The first-order valence-electron chi connectivity index (χ1n) is 6.59. The van der Waals surface area contributed by atoms with Crippen molar-refractivity contribution < 1.29 is 14.3 Å². The average molecular weight is 373 g/mol. The molecule has 0 heterocycles. The number of esters is 1. The molecule has 4 nitrogen and oxygen atoms in total. The molecule has 0 saturated carbocycles. The minimum atomic E-state index is -0.571. The van der Waals surface area contributed by atoms with Crippen molar-refractivity contribution in [1.29, 1.82) is 0 Å². The Kier molecular flexibility index (Phi) is 6.28. The largest absolute Gasteiger partial charge is 0.459 e. The molecule has 0 bridgehead atoms. The first-order chi connectivity index (χ1) is 11.0. The van der Waals surface area contributed by atoms with E-state index in [-0.39, 0.29) is 19.1 Å². The van der Waals surface area contributed by atoms with Crippen LogP contribution in [-0.2, 0) is 16.1 Å². The first-order valence-corrected chi connectivity index (χ1v) is 7.72. The standard InChI is InChI=1S/C16H12Cl3NO3/c17-12-4-1-10(2-5-12)16(22)20-8-15(21)23-9-11-3-6-13(18)7-14(11)19/h1-7H,8-9H2,(H,20,22). The number of halogens is 3. The van der Waals surface area contributed by atoms with E-state index in [1.807, 2.05) is 0 Å². The molecule has 0 radical (unpaired) electrons. The first kappa shape index (κ1) is 17.6. The predicted octanol–water partition coefficient (Wildman–Crippen LogP) is 4.12. The number of hydrogen-bond acceptors (Lipinski definition) is 3. The Morgan fingerprint density at radius 2 is 1.61 bits per heavy atom. The van der Waals surface area contributed by atoms with Crippen molar-refractivity contribution in [1.82, 2.24) is 5.32 Å². The third kappa shape index (κ3) is 5.43. The fourth-order valence-electron chi connectivity index (χ4n) is 1.70. The molecule has 120 valence electrons. The molecule has 1 N–H and O–H groups in total. The Bertz CT molecular complexity index is 717. The summed E-state index contributed by atoms with van der Waals surface area (Å²) in [4.78, 5) is 23.5. The fraction of sp³-hybridized carbons (Fsp3) is 0.125. The SMILES string of the molecule is O=C(CNC(=O)c1ccc(Cl)cc1)OCc1ccc(Cl)cc1Cl. The van der Waals surface area contributed by atoms with Crippen LogP contribution in [0.2, 0.25) is 15.1 Å². The molecule has 23 heavy (non-hydrogen) atoms. The van der Waals surface area contributed by atoms with Gasteiger partial charge in [0, 0.05) is 26.2 Å². The summed E-state index contributed by atoms with van der Waals surface area (Å²) in [6.07, 6.45) is 0. The van der Waals surface area contributed by atoms with Crippen molar-refractivity contribution >= 4 is 46.7 Å². The summed E-state index contributed by atoms with van der Waals surface area (Å²) in [5.74, 6) is -0.957. The zero-order chi connectivity index (χ0) is 16.8. The molecule has 0 fully saturated rings. The molecule has 7 heteroatoms.